The molecule has 1 N–H and O–H groups in total. The summed E-state index contributed by atoms with van der Waals surface area (Å²) in [7, 11) is 0. The summed E-state index contributed by atoms with van der Waals surface area (Å²) in [6.07, 6.45) is 8.72. The molecule has 0 rings (SSSR count). The van der Waals surface area contributed by atoms with Crippen molar-refractivity contribution < 1.29 is 9.42 Å². The smallest absolute Gasteiger partial charge is 0.241 e. The molecule has 1 atom stereocenters. The molecule has 0 saturated heterocycles. The molecule has 0 heterocycles. The van der Waals surface area contributed by atoms with Gasteiger partial charge in [-0.1, -0.05) is 64.6 Å². The van der Waals surface area contributed by atoms with Crippen molar-refractivity contribution in [2.24, 2.45) is 5.92 Å². The molecule has 0 aromatic heterocycles. The second-order valence-corrected chi connectivity index (χ2v) is 9.79. The van der Waals surface area contributed by atoms with Gasteiger partial charge in [-0.25, -0.2) is 0 Å². The minimum absolute atomic E-state index is 0.545. The summed E-state index contributed by atoms with van der Waals surface area (Å²) in [6.45, 7) is 5.09. The standard InChI is InChI=1S/C11H25O2PS2/c1-11(2)9-7-5-3-4-6-8-10-13-14(12,15)16/h11H,3-10H2,1-2H3,(H2,12,15,16). The van der Waals surface area contributed by atoms with Crippen molar-refractivity contribution in [3.63, 3.8) is 0 Å². The lowest BCUT2D eigenvalue weighted by Crippen LogP contribution is -1.90. The Morgan fingerprint density at radius 3 is 2.12 bits per heavy atom. The minimum Gasteiger partial charge on any atom is -0.338 e. The first kappa shape index (κ1) is 16.9. The van der Waals surface area contributed by atoms with Crippen LogP contribution < -0.4 is 0 Å². The van der Waals surface area contributed by atoms with E-state index in [2.05, 4.69) is 37.9 Å². The molecule has 0 bridgehead atoms. The largest absolute Gasteiger partial charge is 0.338 e. The van der Waals surface area contributed by atoms with Crippen LogP contribution in [0, 0.1) is 5.92 Å². The Bertz CT molecular complexity index is 204. The number of thiol groups is 1. The number of rotatable bonds is 10. The van der Waals surface area contributed by atoms with Gasteiger partial charge in [0.1, 0.15) is 0 Å². The fraction of sp³-hybridized carbons (Fsp3) is 1.00. The highest BCUT2D eigenvalue weighted by Crippen LogP contribution is 2.47. The van der Waals surface area contributed by atoms with E-state index in [4.69, 9.17) is 9.42 Å². The molecule has 0 radical (unpaired) electrons. The highest BCUT2D eigenvalue weighted by Gasteiger charge is 2.04. The maximum absolute atomic E-state index is 9.11. The first-order chi connectivity index (χ1) is 7.42. The fourth-order valence-electron chi connectivity index (χ4n) is 1.55. The van der Waals surface area contributed by atoms with Crippen LogP contribution in [0.2, 0.25) is 0 Å². The van der Waals surface area contributed by atoms with E-state index >= 15 is 0 Å². The Morgan fingerprint density at radius 2 is 1.62 bits per heavy atom. The maximum Gasteiger partial charge on any atom is 0.241 e. The molecule has 0 saturated carbocycles. The second kappa shape index (κ2) is 9.90. The van der Waals surface area contributed by atoms with E-state index in [0.717, 1.165) is 18.8 Å². The Kier molecular flexibility index (Phi) is 10.5. The Balaban J connectivity index is 3.08. The van der Waals surface area contributed by atoms with E-state index in [-0.39, 0.29) is 0 Å². The average Bonchev–Trinajstić information content (AvgIpc) is 2.13. The van der Waals surface area contributed by atoms with Crippen LogP contribution in [0.3, 0.4) is 0 Å². The van der Waals surface area contributed by atoms with Gasteiger partial charge in [0.05, 0.1) is 6.61 Å². The van der Waals surface area contributed by atoms with Crippen molar-refractivity contribution in [1.82, 2.24) is 0 Å². The van der Waals surface area contributed by atoms with Crippen molar-refractivity contribution >= 4 is 29.7 Å². The molecule has 16 heavy (non-hydrogen) atoms. The van der Waals surface area contributed by atoms with E-state index in [0.29, 0.717) is 6.61 Å². The molecule has 98 valence electrons. The van der Waals surface area contributed by atoms with Crippen molar-refractivity contribution in [2.45, 2.75) is 58.8 Å². The summed E-state index contributed by atoms with van der Waals surface area (Å²) in [5, 5.41) is 0. The molecule has 0 aliphatic heterocycles. The molecular weight excluding hydrogens is 259 g/mol. The van der Waals surface area contributed by atoms with Crippen molar-refractivity contribution in [1.29, 1.82) is 0 Å². The lowest BCUT2D eigenvalue weighted by molar-refractivity contribution is 0.307. The topological polar surface area (TPSA) is 29.5 Å². The van der Waals surface area contributed by atoms with Gasteiger partial charge in [0.25, 0.3) is 0 Å². The normalized spacial score (nSPS) is 15.3. The van der Waals surface area contributed by atoms with E-state index in [1.54, 1.807) is 0 Å². The van der Waals surface area contributed by atoms with E-state index < -0.39 is 5.69 Å². The molecule has 0 spiro atoms. The van der Waals surface area contributed by atoms with Crippen LogP contribution in [0.4, 0.5) is 0 Å². The summed E-state index contributed by atoms with van der Waals surface area (Å²) in [5.41, 5.74) is -2.72. The van der Waals surface area contributed by atoms with Gasteiger partial charge in [-0.15, -0.1) is 0 Å². The van der Waals surface area contributed by atoms with Gasteiger partial charge in [-0.05, 0) is 24.1 Å². The SMILES string of the molecule is CC(C)CCCCCCCCOP(O)(=S)S. The third-order valence-corrected chi connectivity index (χ3v) is 3.62. The number of unbranched alkanes of at least 4 members (excludes halogenated alkanes) is 5. The molecule has 0 amide bonds. The molecular formula is C11H25O2PS2. The zero-order chi connectivity index (χ0) is 12.4. The number of hydrogen-bond acceptors (Lipinski definition) is 2. The summed E-state index contributed by atoms with van der Waals surface area (Å²) in [6, 6.07) is 0. The molecule has 0 aliphatic rings. The van der Waals surface area contributed by atoms with Crippen LogP contribution in [0.25, 0.3) is 0 Å². The summed E-state index contributed by atoms with van der Waals surface area (Å²) >= 11 is 8.46. The third kappa shape index (κ3) is 14.9. The molecule has 0 aliphatic carbocycles. The molecule has 0 aromatic carbocycles. The van der Waals surface area contributed by atoms with Crippen molar-refractivity contribution in [3.05, 3.63) is 0 Å². The summed E-state index contributed by atoms with van der Waals surface area (Å²) < 4.78 is 5.03. The Hall–Kier alpha value is 0.920. The highest BCUT2D eigenvalue weighted by molar-refractivity contribution is 8.59. The van der Waals surface area contributed by atoms with Gasteiger partial charge >= 0.3 is 0 Å². The van der Waals surface area contributed by atoms with Crippen LogP contribution in [-0.2, 0) is 16.3 Å². The first-order valence-corrected chi connectivity index (χ1v) is 9.94. The average molecular weight is 284 g/mol. The highest BCUT2D eigenvalue weighted by atomic mass is 32.9. The lowest BCUT2D eigenvalue weighted by Gasteiger charge is -2.08. The predicted octanol–water partition coefficient (Wildman–Crippen LogP) is 4.54. The first-order valence-electron chi connectivity index (χ1n) is 6.12. The van der Waals surface area contributed by atoms with Gasteiger partial charge in [-0.2, -0.15) is 0 Å². The maximum atomic E-state index is 9.11. The summed E-state index contributed by atoms with van der Waals surface area (Å²) in [5.74, 6) is 0.831. The predicted molar refractivity (Wildman–Crippen MR) is 78.6 cm³/mol. The van der Waals surface area contributed by atoms with Crippen LogP contribution in [0.5, 0.6) is 0 Å². The van der Waals surface area contributed by atoms with Gasteiger partial charge in [0.15, 0.2) is 0 Å². The Morgan fingerprint density at radius 1 is 1.12 bits per heavy atom. The van der Waals surface area contributed by atoms with Gasteiger partial charge in [0.2, 0.25) is 5.69 Å². The fourth-order valence-corrected chi connectivity index (χ4v) is 2.38. The van der Waals surface area contributed by atoms with E-state index in [9.17, 15) is 0 Å². The van der Waals surface area contributed by atoms with E-state index in [1.165, 1.54) is 32.1 Å². The van der Waals surface area contributed by atoms with Crippen molar-refractivity contribution in [2.75, 3.05) is 6.61 Å². The molecule has 0 aromatic rings. The minimum atomic E-state index is -2.72. The van der Waals surface area contributed by atoms with Crippen molar-refractivity contribution in [3.8, 4) is 0 Å². The monoisotopic (exact) mass is 284 g/mol. The zero-order valence-corrected chi connectivity index (χ0v) is 13.0. The molecule has 5 heteroatoms. The molecule has 0 fully saturated rings. The van der Waals surface area contributed by atoms with Gasteiger partial charge in [-0.3, -0.25) is 0 Å². The van der Waals surface area contributed by atoms with Crippen LogP contribution in [0.15, 0.2) is 0 Å². The molecule has 2 nitrogen and oxygen atoms in total. The van der Waals surface area contributed by atoms with Crippen LogP contribution >= 0.6 is 17.9 Å². The summed E-state index contributed by atoms with van der Waals surface area (Å²) in [4.78, 5) is 9.11. The molecule has 1 unspecified atom stereocenters. The second-order valence-electron chi connectivity index (χ2n) is 4.63. The Labute approximate surface area is 110 Å². The zero-order valence-electron chi connectivity index (χ0n) is 10.4. The quantitative estimate of drug-likeness (QED) is 0.351. The van der Waals surface area contributed by atoms with Gasteiger partial charge in [0, 0.05) is 0 Å². The van der Waals surface area contributed by atoms with E-state index in [1.807, 2.05) is 0 Å². The third-order valence-electron chi connectivity index (χ3n) is 2.44. The van der Waals surface area contributed by atoms with Crippen LogP contribution in [-0.4, -0.2) is 11.5 Å². The number of hydrogen-bond donors (Lipinski definition) is 2. The van der Waals surface area contributed by atoms with Crippen LogP contribution in [0.1, 0.15) is 58.8 Å². The lowest BCUT2D eigenvalue weighted by atomic mass is 10.0. The van der Waals surface area contributed by atoms with Gasteiger partial charge < -0.3 is 9.42 Å².